The molecule has 18 heavy (non-hydrogen) atoms. The summed E-state index contributed by atoms with van der Waals surface area (Å²) in [4.78, 5) is 0. The molecule has 0 aliphatic heterocycles. The maximum Gasteiger partial charge on any atom is -0.00347 e. The number of fused-ring (bicyclic) bond motifs is 1. The van der Waals surface area contributed by atoms with Crippen molar-refractivity contribution in [1.29, 1.82) is 0 Å². The van der Waals surface area contributed by atoms with E-state index in [1.807, 2.05) is 7.05 Å². The van der Waals surface area contributed by atoms with Crippen molar-refractivity contribution in [2.75, 3.05) is 13.6 Å². The Bertz CT molecular complexity index is 540. The Morgan fingerprint density at radius 3 is 2.50 bits per heavy atom. The number of nitrogens with one attached hydrogen (secondary N) is 1. The van der Waals surface area contributed by atoms with Crippen LogP contribution in [0.25, 0.3) is 10.8 Å². The predicted molar refractivity (Wildman–Crippen MR) is 78.0 cm³/mol. The molecule has 0 amide bonds. The van der Waals surface area contributed by atoms with Crippen LogP contribution in [0.5, 0.6) is 0 Å². The summed E-state index contributed by atoms with van der Waals surface area (Å²) >= 11 is 0. The van der Waals surface area contributed by atoms with Crippen LogP contribution in [0.4, 0.5) is 0 Å². The zero-order chi connectivity index (χ0) is 12.4. The van der Waals surface area contributed by atoms with Crippen molar-refractivity contribution in [1.82, 2.24) is 5.32 Å². The Hall–Kier alpha value is -1.34. The fourth-order valence-electron chi connectivity index (χ4n) is 3.17. The van der Waals surface area contributed by atoms with Gasteiger partial charge in [0.05, 0.1) is 0 Å². The van der Waals surface area contributed by atoms with Gasteiger partial charge in [-0.2, -0.15) is 0 Å². The molecule has 2 aromatic rings. The van der Waals surface area contributed by atoms with E-state index in [2.05, 4.69) is 47.8 Å². The lowest BCUT2D eigenvalue weighted by Gasteiger charge is -2.43. The lowest BCUT2D eigenvalue weighted by atomic mass is 9.62. The first-order chi connectivity index (χ1) is 8.84. The van der Waals surface area contributed by atoms with Crippen molar-refractivity contribution in [3.63, 3.8) is 0 Å². The van der Waals surface area contributed by atoms with Crippen molar-refractivity contribution in [3.05, 3.63) is 48.0 Å². The van der Waals surface area contributed by atoms with E-state index in [9.17, 15) is 0 Å². The average molecular weight is 239 g/mol. The first-order valence-corrected chi connectivity index (χ1v) is 6.98. The highest BCUT2D eigenvalue weighted by Gasteiger charge is 2.37. The number of rotatable bonds is 4. The van der Waals surface area contributed by atoms with Crippen LogP contribution in [0.3, 0.4) is 0 Å². The summed E-state index contributed by atoms with van der Waals surface area (Å²) in [5, 5.41) is 6.03. The van der Waals surface area contributed by atoms with Crippen molar-refractivity contribution in [2.45, 2.75) is 31.1 Å². The van der Waals surface area contributed by atoms with Gasteiger partial charge in [0.25, 0.3) is 0 Å². The summed E-state index contributed by atoms with van der Waals surface area (Å²) < 4.78 is 0. The predicted octanol–water partition coefficient (Wildman–Crippen LogP) is 3.87. The summed E-state index contributed by atoms with van der Waals surface area (Å²) in [6.45, 7) is 1.12. The molecule has 3 rings (SSSR count). The Balaban J connectivity index is 1.97. The molecular weight excluding hydrogens is 218 g/mol. The molecule has 94 valence electrons. The second-order valence-electron chi connectivity index (χ2n) is 5.55. The lowest BCUT2D eigenvalue weighted by molar-refractivity contribution is 0.225. The molecule has 0 radical (unpaired) electrons. The van der Waals surface area contributed by atoms with Crippen LogP contribution in [0.1, 0.15) is 31.2 Å². The molecule has 1 heteroatoms. The zero-order valence-electron chi connectivity index (χ0n) is 11.1. The van der Waals surface area contributed by atoms with Crippen LogP contribution in [0.2, 0.25) is 0 Å². The molecule has 1 fully saturated rings. The van der Waals surface area contributed by atoms with Gasteiger partial charge in [-0.15, -0.1) is 0 Å². The minimum Gasteiger partial charge on any atom is -0.320 e. The van der Waals surface area contributed by atoms with Gasteiger partial charge in [0.1, 0.15) is 0 Å². The van der Waals surface area contributed by atoms with E-state index in [-0.39, 0.29) is 0 Å². The maximum atomic E-state index is 3.30. The standard InChI is InChI=1S/C17H21N/c1-18-12-11-17(9-4-10-17)16-8-7-14-5-2-3-6-15(14)13-16/h2-3,5-8,13,18H,4,9-12H2,1H3. The fraction of sp³-hybridized carbons (Fsp3) is 0.412. The van der Waals surface area contributed by atoms with Crippen LogP contribution in [-0.2, 0) is 5.41 Å². The topological polar surface area (TPSA) is 12.0 Å². The second-order valence-corrected chi connectivity index (χ2v) is 5.55. The molecule has 0 aromatic heterocycles. The maximum absolute atomic E-state index is 3.30. The van der Waals surface area contributed by atoms with Gasteiger partial charge in [0.2, 0.25) is 0 Å². The van der Waals surface area contributed by atoms with E-state index in [1.165, 1.54) is 36.5 Å². The van der Waals surface area contributed by atoms with Crippen LogP contribution in [-0.4, -0.2) is 13.6 Å². The summed E-state index contributed by atoms with van der Waals surface area (Å²) in [6, 6.07) is 15.7. The average Bonchev–Trinajstić information content (AvgIpc) is 2.37. The van der Waals surface area contributed by atoms with Crippen molar-refractivity contribution < 1.29 is 0 Å². The Morgan fingerprint density at radius 2 is 1.83 bits per heavy atom. The van der Waals surface area contributed by atoms with Gasteiger partial charge >= 0.3 is 0 Å². The van der Waals surface area contributed by atoms with E-state index >= 15 is 0 Å². The van der Waals surface area contributed by atoms with Gasteiger partial charge in [0.15, 0.2) is 0 Å². The Morgan fingerprint density at radius 1 is 1.06 bits per heavy atom. The van der Waals surface area contributed by atoms with Gasteiger partial charge < -0.3 is 5.32 Å². The molecule has 1 aliphatic carbocycles. The van der Waals surface area contributed by atoms with Crippen molar-refractivity contribution in [3.8, 4) is 0 Å². The van der Waals surface area contributed by atoms with Crippen LogP contribution >= 0.6 is 0 Å². The van der Waals surface area contributed by atoms with Gasteiger partial charge in [0, 0.05) is 0 Å². The van der Waals surface area contributed by atoms with E-state index in [4.69, 9.17) is 0 Å². The van der Waals surface area contributed by atoms with E-state index in [1.54, 1.807) is 5.56 Å². The number of hydrogen-bond acceptors (Lipinski definition) is 1. The van der Waals surface area contributed by atoms with Gasteiger partial charge in [-0.05, 0) is 54.6 Å². The smallest absolute Gasteiger partial charge is 0.00347 e. The molecule has 1 nitrogen and oxygen atoms in total. The third-order valence-electron chi connectivity index (χ3n) is 4.53. The molecule has 0 heterocycles. The van der Waals surface area contributed by atoms with Crippen LogP contribution in [0, 0.1) is 0 Å². The molecule has 0 atom stereocenters. The van der Waals surface area contributed by atoms with E-state index in [0.29, 0.717) is 5.41 Å². The summed E-state index contributed by atoms with van der Waals surface area (Å²) in [6.07, 6.45) is 5.36. The first-order valence-electron chi connectivity index (χ1n) is 6.98. The van der Waals surface area contributed by atoms with Gasteiger partial charge in [-0.25, -0.2) is 0 Å². The lowest BCUT2D eigenvalue weighted by Crippen LogP contribution is -2.36. The molecule has 0 spiro atoms. The SMILES string of the molecule is CNCCC1(c2ccc3ccccc3c2)CCC1. The van der Waals surface area contributed by atoms with E-state index < -0.39 is 0 Å². The third kappa shape index (κ3) is 1.93. The fourth-order valence-corrected chi connectivity index (χ4v) is 3.17. The quantitative estimate of drug-likeness (QED) is 0.854. The van der Waals surface area contributed by atoms with Crippen molar-refractivity contribution >= 4 is 10.8 Å². The van der Waals surface area contributed by atoms with E-state index in [0.717, 1.165) is 6.54 Å². The largest absolute Gasteiger partial charge is 0.320 e. The molecule has 0 bridgehead atoms. The normalized spacial score (nSPS) is 17.6. The summed E-state index contributed by atoms with van der Waals surface area (Å²) in [7, 11) is 2.05. The Kier molecular flexibility index (Phi) is 3.09. The Labute approximate surface area is 109 Å². The molecule has 1 aliphatic rings. The number of hydrogen-bond donors (Lipinski definition) is 1. The third-order valence-corrected chi connectivity index (χ3v) is 4.53. The first kappa shape index (κ1) is 11.7. The summed E-state index contributed by atoms with van der Waals surface area (Å²) in [5.41, 5.74) is 2.00. The van der Waals surface area contributed by atoms with Crippen LogP contribution < -0.4 is 5.32 Å². The minimum atomic E-state index is 0.451. The van der Waals surface area contributed by atoms with Gasteiger partial charge in [-0.1, -0.05) is 48.9 Å². The second kappa shape index (κ2) is 4.74. The monoisotopic (exact) mass is 239 g/mol. The summed E-state index contributed by atoms with van der Waals surface area (Å²) in [5.74, 6) is 0. The zero-order valence-corrected chi connectivity index (χ0v) is 11.1. The van der Waals surface area contributed by atoms with Crippen molar-refractivity contribution in [2.24, 2.45) is 0 Å². The molecular formula is C17H21N. The molecule has 0 unspecified atom stereocenters. The highest BCUT2D eigenvalue weighted by Crippen LogP contribution is 2.46. The molecule has 1 N–H and O–H groups in total. The van der Waals surface area contributed by atoms with Gasteiger partial charge in [-0.3, -0.25) is 0 Å². The molecule has 2 aromatic carbocycles. The van der Waals surface area contributed by atoms with Crippen LogP contribution in [0.15, 0.2) is 42.5 Å². The number of benzene rings is 2. The highest BCUT2D eigenvalue weighted by atomic mass is 14.8. The molecule has 1 saturated carbocycles. The minimum absolute atomic E-state index is 0.451. The highest BCUT2D eigenvalue weighted by molar-refractivity contribution is 5.83. The molecule has 0 saturated heterocycles.